The third-order valence-corrected chi connectivity index (χ3v) is 4.05. The predicted molar refractivity (Wildman–Crippen MR) is 68.7 cm³/mol. The molecule has 16 heavy (non-hydrogen) atoms. The molecule has 0 amide bonds. The molecule has 2 heterocycles. The molecule has 2 saturated heterocycles. The Labute approximate surface area is 100 Å². The van der Waals surface area contributed by atoms with E-state index in [1.165, 1.54) is 58.5 Å². The van der Waals surface area contributed by atoms with Crippen LogP contribution in [0.15, 0.2) is 0 Å². The molecule has 94 valence electrons. The van der Waals surface area contributed by atoms with Crippen molar-refractivity contribution in [1.82, 2.24) is 15.1 Å². The lowest BCUT2D eigenvalue weighted by Crippen LogP contribution is -2.44. The lowest BCUT2D eigenvalue weighted by atomic mass is 9.94. The van der Waals surface area contributed by atoms with Gasteiger partial charge in [0, 0.05) is 6.54 Å². The average molecular weight is 225 g/mol. The van der Waals surface area contributed by atoms with Crippen molar-refractivity contribution in [2.45, 2.75) is 19.3 Å². The molecule has 2 rings (SSSR count). The Morgan fingerprint density at radius 3 is 2.31 bits per heavy atom. The Balaban J connectivity index is 1.57. The van der Waals surface area contributed by atoms with E-state index in [-0.39, 0.29) is 0 Å². The van der Waals surface area contributed by atoms with E-state index in [4.69, 9.17) is 0 Å². The summed E-state index contributed by atoms with van der Waals surface area (Å²) in [7, 11) is 4.38. The fourth-order valence-corrected chi connectivity index (χ4v) is 2.83. The lowest BCUT2D eigenvalue weighted by molar-refractivity contribution is 0.149. The van der Waals surface area contributed by atoms with Crippen LogP contribution in [0.3, 0.4) is 0 Å². The van der Waals surface area contributed by atoms with E-state index in [2.05, 4.69) is 29.2 Å². The Hall–Kier alpha value is -0.120. The van der Waals surface area contributed by atoms with Crippen LogP contribution in [0.2, 0.25) is 0 Å². The summed E-state index contributed by atoms with van der Waals surface area (Å²) in [6.07, 6.45) is 4.22. The van der Waals surface area contributed by atoms with Crippen LogP contribution in [-0.2, 0) is 0 Å². The summed E-state index contributed by atoms with van der Waals surface area (Å²) in [4.78, 5) is 5.00. The van der Waals surface area contributed by atoms with E-state index in [1.54, 1.807) is 0 Å². The Morgan fingerprint density at radius 1 is 1.12 bits per heavy atom. The number of nitrogens with one attached hydrogen (secondary N) is 1. The third-order valence-electron chi connectivity index (χ3n) is 4.05. The molecule has 0 aromatic rings. The van der Waals surface area contributed by atoms with E-state index in [9.17, 15) is 0 Å². The summed E-state index contributed by atoms with van der Waals surface area (Å²) >= 11 is 0. The van der Waals surface area contributed by atoms with Crippen LogP contribution in [0, 0.1) is 11.8 Å². The molecule has 2 fully saturated rings. The van der Waals surface area contributed by atoms with Crippen molar-refractivity contribution in [3.63, 3.8) is 0 Å². The van der Waals surface area contributed by atoms with Crippen molar-refractivity contribution >= 4 is 0 Å². The van der Waals surface area contributed by atoms with E-state index in [0.29, 0.717) is 0 Å². The molecule has 0 aromatic carbocycles. The maximum Gasteiger partial charge on any atom is 0.000451 e. The third kappa shape index (κ3) is 3.72. The van der Waals surface area contributed by atoms with Crippen LogP contribution < -0.4 is 5.32 Å². The number of hydrogen-bond acceptors (Lipinski definition) is 3. The summed E-state index contributed by atoms with van der Waals surface area (Å²) < 4.78 is 0. The number of rotatable bonds is 5. The highest BCUT2D eigenvalue weighted by Gasteiger charge is 2.22. The van der Waals surface area contributed by atoms with Crippen molar-refractivity contribution in [2.24, 2.45) is 11.8 Å². The molecule has 2 aliphatic rings. The largest absolute Gasteiger partial charge is 0.316 e. The first-order valence-electron chi connectivity index (χ1n) is 6.82. The molecular weight excluding hydrogens is 198 g/mol. The Bertz CT molecular complexity index is 193. The van der Waals surface area contributed by atoms with Crippen molar-refractivity contribution in [2.75, 3.05) is 53.4 Å². The molecule has 1 N–H and O–H groups in total. The minimum absolute atomic E-state index is 0.941. The summed E-state index contributed by atoms with van der Waals surface area (Å²) in [5.41, 5.74) is 0. The number of nitrogens with zero attached hydrogens (tertiary/aromatic N) is 2. The van der Waals surface area contributed by atoms with Crippen molar-refractivity contribution < 1.29 is 0 Å². The molecular formula is C13H27N3. The summed E-state index contributed by atoms with van der Waals surface area (Å²) in [5.74, 6) is 1.91. The second-order valence-electron chi connectivity index (χ2n) is 5.86. The highest BCUT2D eigenvalue weighted by atomic mass is 15.1. The summed E-state index contributed by atoms with van der Waals surface area (Å²) in [6, 6.07) is 0. The minimum atomic E-state index is 0.941. The molecule has 0 radical (unpaired) electrons. The van der Waals surface area contributed by atoms with Gasteiger partial charge in [-0.25, -0.2) is 0 Å². The molecule has 2 aliphatic heterocycles. The number of likely N-dealkylation sites (tertiary alicyclic amines) is 1. The first-order valence-corrected chi connectivity index (χ1v) is 6.82. The highest BCUT2D eigenvalue weighted by molar-refractivity contribution is 4.78. The van der Waals surface area contributed by atoms with Gasteiger partial charge >= 0.3 is 0 Å². The molecule has 0 unspecified atom stereocenters. The molecule has 0 aliphatic carbocycles. The topological polar surface area (TPSA) is 18.5 Å². The van der Waals surface area contributed by atoms with E-state index < -0.39 is 0 Å². The zero-order chi connectivity index (χ0) is 11.4. The summed E-state index contributed by atoms with van der Waals surface area (Å²) in [5, 5.41) is 3.35. The number of hydrogen-bond donors (Lipinski definition) is 1. The molecule has 0 atom stereocenters. The first-order chi connectivity index (χ1) is 7.74. The molecule has 3 heteroatoms. The Morgan fingerprint density at radius 2 is 1.81 bits per heavy atom. The quantitative estimate of drug-likeness (QED) is 0.749. The fraction of sp³-hybridized carbons (Fsp3) is 1.00. The number of piperidine rings is 1. The van der Waals surface area contributed by atoms with Crippen molar-refractivity contribution in [3.8, 4) is 0 Å². The standard InChI is InChI=1S/C13H27N3/c1-15(2)11-12-3-6-16(7-4-12)8-5-13-9-14-10-13/h12-14H,3-11H2,1-2H3. The average Bonchev–Trinajstić information content (AvgIpc) is 2.17. The molecule has 0 saturated carbocycles. The highest BCUT2D eigenvalue weighted by Crippen LogP contribution is 2.19. The van der Waals surface area contributed by atoms with Crippen LogP contribution in [0.4, 0.5) is 0 Å². The van der Waals surface area contributed by atoms with E-state index in [1.807, 2.05) is 0 Å². The van der Waals surface area contributed by atoms with Crippen LogP contribution in [0.1, 0.15) is 19.3 Å². The second-order valence-corrected chi connectivity index (χ2v) is 5.86. The van der Waals surface area contributed by atoms with Crippen molar-refractivity contribution in [1.29, 1.82) is 0 Å². The Kier molecular flexibility index (Phi) is 4.62. The van der Waals surface area contributed by atoms with Gasteiger partial charge in [-0.05, 0) is 77.9 Å². The summed E-state index contributed by atoms with van der Waals surface area (Å²) in [6.45, 7) is 7.80. The van der Waals surface area contributed by atoms with Gasteiger partial charge in [-0.2, -0.15) is 0 Å². The lowest BCUT2D eigenvalue weighted by Gasteiger charge is -2.35. The molecule has 0 aromatic heterocycles. The van der Waals surface area contributed by atoms with Gasteiger partial charge in [0.2, 0.25) is 0 Å². The van der Waals surface area contributed by atoms with Crippen LogP contribution >= 0.6 is 0 Å². The zero-order valence-electron chi connectivity index (χ0n) is 10.9. The van der Waals surface area contributed by atoms with Gasteiger partial charge in [0.15, 0.2) is 0 Å². The van der Waals surface area contributed by atoms with Gasteiger partial charge in [-0.1, -0.05) is 0 Å². The fourth-order valence-electron chi connectivity index (χ4n) is 2.83. The SMILES string of the molecule is CN(C)CC1CCN(CCC2CNC2)CC1. The monoisotopic (exact) mass is 225 g/mol. The van der Waals surface area contributed by atoms with Crippen LogP contribution in [0.5, 0.6) is 0 Å². The first kappa shape index (κ1) is 12.3. The van der Waals surface area contributed by atoms with Crippen LogP contribution in [0.25, 0.3) is 0 Å². The smallest absolute Gasteiger partial charge is 0.000451 e. The van der Waals surface area contributed by atoms with Gasteiger partial charge in [0.05, 0.1) is 0 Å². The normalized spacial score (nSPS) is 24.9. The van der Waals surface area contributed by atoms with Gasteiger partial charge in [0.25, 0.3) is 0 Å². The second kappa shape index (κ2) is 5.99. The van der Waals surface area contributed by atoms with Gasteiger partial charge in [0.1, 0.15) is 0 Å². The predicted octanol–water partition coefficient (Wildman–Crippen LogP) is 0.869. The van der Waals surface area contributed by atoms with E-state index >= 15 is 0 Å². The zero-order valence-corrected chi connectivity index (χ0v) is 10.9. The molecule has 0 spiro atoms. The maximum absolute atomic E-state index is 3.35. The maximum atomic E-state index is 3.35. The minimum Gasteiger partial charge on any atom is -0.316 e. The van der Waals surface area contributed by atoms with Gasteiger partial charge < -0.3 is 15.1 Å². The molecule has 3 nitrogen and oxygen atoms in total. The van der Waals surface area contributed by atoms with Gasteiger partial charge in [-0.15, -0.1) is 0 Å². The van der Waals surface area contributed by atoms with E-state index in [0.717, 1.165) is 11.8 Å². The van der Waals surface area contributed by atoms with Crippen molar-refractivity contribution in [3.05, 3.63) is 0 Å². The van der Waals surface area contributed by atoms with Gasteiger partial charge in [-0.3, -0.25) is 0 Å². The van der Waals surface area contributed by atoms with Crippen LogP contribution in [-0.4, -0.2) is 63.2 Å². The molecule has 0 bridgehead atoms.